The molecule has 2 aromatic carbocycles. The van der Waals surface area contributed by atoms with Crippen molar-refractivity contribution in [2.75, 3.05) is 24.3 Å². The number of aromatic hydroxyl groups is 1. The largest absolute Gasteiger partial charge is 0.511 e. The topological polar surface area (TPSA) is 190 Å². The number of anilines is 2. The molecule has 3 aliphatic carbocycles. The summed E-state index contributed by atoms with van der Waals surface area (Å²) < 4.78 is 15.3. The third kappa shape index (κ3) is 3.82. The Bertz CT molecular complexity index is 1590. The van der Waals surface area contributed by atoms with E-state index in [-0.39, 0.29) is 30.4 Å². The van der Waals surface area contributed by atoms with Crippen molar-refractivity contribution in [2.45, 2.75) is 24.9 Å². The first kappa shape index (κ1) is 26.9. The number of fused-ring (bicyclic) bond motifs is 3. The van der Waals surface area contributed by atoms with E-state index in [4.69, 9.17) is 5.73 Å². The van der Waals surface area contributed by atoms with E-state index in [1.165, 1.54) is 6.07 Å². The second kappa shape index (κ2) is 9.19. The number of halogens is 1. The van der Waals surface area contributed by atoms with Gasteiger partial charge in [-0.2, -0.15) is 0 Å². The molecule has 0 aliphatic heterocycles. The van der Waals surface area contributed by atoms with Crippen LogP contribution in [0.2, 0.25) is 0 Å². The highest BCUT2D eigenvalue weighted by molar-refractivity contribution is 6.24. The summed E-state index contributed by atoms with van der Waals surface area (Å²) in [7, 11) is 3.56. The van der Waals surface area contributed by atoms with Crippen LogP contribution in [0.3, 0.4) is 0 Å². The van der Waals surface area contributed by atoms with E-state index < -0.39 is 86.3 Å². The van der Waals surface area contributed by atoms with E-state index in [2.05, 4.69) is 5.32 Å². The van der Waals surface area contributed by atoms with Crippen molar-refractivity contribution in [1.82, 2.24) is 0 Å². The molecule has 0 heterocycles. The lowest BCUT2D eigenvalue weighted by Gasteiger charge is -2.45. The Labute approximate surface area is 227 Å². The third-order valence-electron chi connectivity index (χ3n) is 7.88. The molecular formula is C28H26FN3O8. The van der Waals surface area contributed by atoms with Gasteiger partial charge in [-0.25, -0.2) is 4.39 Å². The van der Waals surface area contributed by atoms with Crippen LogP contribution >= 0.6 is 0 Å². The van der Waals surface area contributed by atoms with Gasteiger partial charge in [0.2, 0.25) is 5.78 Å². The van der Waals surface area contributed by atoms with E-state index in [0.717, 1.165) is 6.07 Å². The molecule has 0 saturated carbocycles. The Morgan fingerprint density at radius 3 is 2.48 bits per heavy atom. The number of nitrogens with one attached hydrogen (secondary N) is 1. The SMILES string of the molecule is CN(C)c1cccc(C(=O)Nc2cc(F)c3c(c2O)C(=O)C2=C(O)[C@]4(O)C(=O)C(C(N)=O)=C(O)C[C@@H]4CC2C3)c1. The molecule has 0 spiro atoms. The molecular weight excluding hydrogens is 525 g/mol. The minimum absolute atomic E-state index is 0.121. The van der Waals surface area contributed by atoms with Crippen molar-refractivity contribution in [3.8, 4) is 5.75 Å². The number of carbonyl (C=O) groups excluding carboxylic acids is 4. The van der Waals surface area contributed by atoms with Crippen molar-refractivity contribution in [1.29, 1.82) is 0 Å². The quantitative estimate of drug-likeness (QED) is 0.244. The lowest BCUT2D eigenvalue weighted by atomic mass is 9.60. The minimum atomic E-state index is -2.73. The number of aliphatic hydroxyl groups is 3. The number of nitrogens with zero attached hydrogens (tertiary/aromatic N) is 1. The Morgan fingerprint density at radius 1 is 1.12 bits per heavy atom. The zero-order valence-electron chi connectivity index (χ0n) is 21.5. The monoisotopic (exact) mass is 551 g/mol. The van der Waals surface area contributed by atoms with Gasteiger partial charge >= 0.3 is 0 Å². The first-order valence-electron chi connectivity index (χ1n) is 12.4. The standard InChI is InChI=1S/C28H26FN3O8/c1-32(2)14-5-3-4-11(7-14)27(39)31-17-10-16(29)15-8-12-6-13-9-18(33)21(26(30)38)25(37)28(13,40)24(36)19(12)23(35)20(15)22(17)34/h3-5,7,10,12-13,33-34,36,40H,6,8-9H2,1-2H3,(H2,30,38)(H,31,39)/t12?,13-,28-/m0/s1. The van der Waals surface area contributed by atoms with Crippen molar-refractivity contribution in [3.63, 3.8) is 0 Å². The predicted octanol–water partition coefficient (Wildman–Crippen LogP) is 2.04. The van der Waals surface area contributed by atoms with Crippen LogP contribution in [0.4, 0.5) is 15.8 Å². The Morgan fingerprint density at radius 2 is 1.82 bits per heavy atom. The fourth-order valence-electron chi connectivity index (χ4n) is 5.86. The van der Waals surface area contributed by atoms with Gasteiger partial charge in [0.05, 0.1) is 11.3 Å². The van der Waals surface area contributed by atoms with Gasteiger partial charge in [0, 0.05) is 54.9 Å². The summed E-state index contributed by atoms with van der Waals surface area (Å²) in [5, 5.41) is 46.0. The Hall–Kier alpha value is -4.71. The molecule has 0 radical (unpaired) electrons. The maximum absolute atomic E-state index is 15.3. The number of benzene rings is 2. The summed E-state index contributed by atoms with van der Waals surface area (Å²) in [5.41, 5.74) is 0.970. The lowest BCUT2D eigenvalue weighted by molar-refractivity contribution is -0.144. The molecule has 2 amide bonds. The average Bonchev–Trinajstić information content (AvgIpc) is 2.88. The lowest BCUT2D eigenvalue weighted by Crippen LogP contribution is -2.57. The fourth-order valence-corrected chi connectivity index (χ4v) is 5.86. The van der Waals surface area contributed by atoms with E-state index in [1.807, 2.05) is 0 Å². The molecule has 0 bridgehead atoms. The van der Waals surface area contributed by atoms with Crippen LogP contribution in [0.5, 0.6) is 5.75 Å². The molecule has 7 N–H and O–H groups in total. The van der Waals surface area contributed by atoms with Gasteiger partial charge in [-0.05, 0) is 37.0 Å². The summed E-state index contributed by atoms with van der Waals surface area (Å²) in [4.78, 5) is 53.1. The number of amides is 2. The summed E-state index contributed by atoms with van der Waals surface area (Å²) in [6.45, 7) is 0. The number of phenols is 1. The summed E-state index contributed by atoms with van der Waals surface area (Å²) >= 11 is 0. The molecule has 0 saturated heterocycles. The molecule has 3 atom stereocenters. The summed E-state index contributed by atoms with van der Waals surface area (Å²) in [5.74, 6) is -9.74. The first-order valence-corrected chi connectivity index (χ1v) is 12.4. The van der Waals surface area contributed by atoms with Gasteiger partial charge in [0.15, 0.2) is 17.1 Å². The number of hydrogen-bond acceptors (Lipinski definition) is 9. The van der Waals surface area contributed by atoms with Crippen molar-refractivity contribution in [2.24, 2.45) is 17.6 Å². The van der Waals surface area contributed by atoms with Gasteiger partial charge in [-0.1, -0.05) is 6.07 Å². The van der Waals surface area contributed by atoms with Crippen LogP contribution in [0.15, 0.2) is 53.0 Å². The molecule has 3 aliphatic rings. The van der Waals surface area contributed by atoms with E-state index >= 15 is 4.39 Å². The Balaban J connectivity index is 1.56. The second-order valence-corrected chi connectivity index (χ2v) is 10.4. The molecule has 1 unspecified atom stereocenters. The molecule has 40 heavy (non-hydrogen) atoms. The van der Waals surface area contributed by atoms with Gasteiger partial charge < -0.3 is 36.4 Å². The zero-order valence-corrected chi connectivity index (χ0v) is 21.5. The van der Waals surface area contributed by atoms with Gasteiger partial charge in [-0.3, -0.25) is 19.2 Å². The van der Waals surface area contributed by atoms with Crippen LogP contribution < -0.4 is 16.0 Å². The van der Waals surface area contributed by atoms with E-state index in [1.54, 1.807) is 37.2 Å². The van der Waals surface area contributed by atoms with Crippen molar-refractivity contribution in [3.05, 3.63) is 75.5 Å². The average molecular weight is 552 g/mol. The van der Waals surface area contributed by atoms with Crippen molar-refractivity contribution >= 4 is 34.8 Å². The van der Waals surface area contributed by atoms with Crippen LogP contribution in [0.25, 0.3) is 0 Å². The maximum Gasteiger partial charge on any atom is 0.255 e. The van der Waals surface area contributed by atoms with E-state index in [0.29, 0.717) is 5.69 Å². The van der Waals surface area contributed by atoms with Crippen LogP contribution in [0, 0.1) is 17.7 Å². The van der Waals surface area contributed by atoms with Crippen LogP contribution in [0.1, 0.15) is 39.1 Å². The van der Waals surface area contributed by atoms with Crippen LogP contribution in [-0.2, 0) is 16.0 Å². The molecule has 208 valence electrons. The second-order valence-electron chi connectivity index (χ2n) is 10.4. The van der Waals surface area contributed by atoms with Gasteiger partial charge in [0.1, 0.15) is 22.9 Å². The highest BCUT2D eigenvalue weighted by Gasteiger charge is 2.59. The number of nitrogens with two attached hydrogens (primary N) is 1. The number of Topliss-reactive ketones (excluding diaryl/α,β-unsaturated/α-hetero) is 2. The molecule has 0 aromatic heterocycles. The smallest absolute Gasteiger partial charge is 0.255 e. The fraction of sp³-hybridized carbons (Fsp3) is 0.286. The minimum Gasteiger partial charge on any atom is -0.511 e. The number of carbonyl (C=O) groups is 4. The maximum atomic E-state index is 15.3. The summed E-state index contributed by atoms with van der Waals surface area (Å²) in [6.07, 6.45) is -0.695. The molecule has 12 heteroatoms. The Kier molecular flexibility index (Phi) is 6.18. The third-order valence-corrected chi connectivity index (χ3v) is 7.88. The molecule has 5 rings (SSSR count). The number of ketones is 2. The number of phenolic OH excluding ortho intramolecular Hbond substituents is 1. The molecule has 0 fully saturated rings. The van der Waals surface area contributed by atoms with E-state index in [9.17, 15) is 39.6 Å². The number of rotatable bonds is 4. The highest BCUT2D eigenvalue weighted by Crippen LogP contribution is 2.52. The first-order chi connectivity index (χ1) is 18.8. The van der Waals surface area contributed by atoms with Crippen LogP contribution in [-0.4, -0.2) is 63.5 Å². The van der Waals surface area contributed by atoms with Gasteiger partial charge in [0.25, 0.3) is 11.8 Å². The van der Waals surface area contributed by atoms with Crippen molar-refractivity contribution < 1.29 is 44.0 Å². The zero-order chi connectivity index (χ0) is 29.3. The van der Waals surface area contributed by atoms with Gasteiger partial charge in [-0.15, -0.1) is 0 Å². The number of hydrogen-bond donors (Lipinski definition) is 6. The normalized spacial score (nSPS) is 23.8. The predicted molar refractivity (Wildman–Crippen MR) is 139 cm³/mol. The number of aliphatic hydroxyl groups excluding tert-OH is 2. The molecule has 11 nitrogen and oxygen atoms in total. The number of primary amides is 1. The summed E-state index contributed by atoms with van der Waals surface area (Å²) in [6, 6.07) is 7.39. The molecule has 2 aromatic rings. The number of allylic oxidation sites excluding steroid dienone is 2. The highest BCUT2D eigenvalue weighted by atomic mass is 19.1.